The first kappa shape index (κ1) is 16.0. The summed E-state index contributed by atoms with van der Waals surface area (Å²) in [4.78, 5) is 4.53. The highest BCUT2D eigenvalue weighted by atomic mass is 32.2. The van der Waals surface area contributed by atoms with Crippen molar-refractivity contribution in [2.75, 3.05) is 19.5 Å². The minimum atomic E-state index is 0.148. The van der Waals surface area contributed by atoms with Gasteiger partial charge in [-0.15, -0.1) is 0 Å². The quantitative estimate of drug-likeness (QED) is 0.878. The number of methoxy groups -OCH3 is 1. The number of aryl methyl sites for hydroxylation is 1. The van der Waals surface area contributed by atoms with Gasteiger partial charge in [0.05, 0.1) is 18.4 Å². The van der Waals surface area contributed by atoms with Gasteiger partial charge in [-0.05, 0) is 24.5 Å². The third-order valence-corrected chi connectivity index (χ3v) is 4.09. The zero-order valence-corrected chi connectivity index (χ0v) is 13.7. The van der Waals surface area contributed by atoms with Crippen LogP contribution in [0.25, 0.3) is 0 Å². The fourth-order valence-electron chi connectivity index (χ4n) is 2.16. The number of hydrazone groups is 1. The summed E-state index contributed by atoms with van der Waals surface area (Å²) in [5.74, 6) is 0.846. The van der Waals surface area contributed by atoms with Crippen LogP contribution in [0.4, 0.5) is 0 Å². The highest BCUT2D eigenvalue weighted by Crippen LogP contribution is 2.15. The van der Waals surface area contributed by atoms with E-state index in [4.69, 9.17) is 4.74 Å². The Labute approximate surface area is 131 Å². The molecule has 1 atom stereocenters. The topological polar surface area (TPSA) is 46.0 Å². The number of hydrogen-bond acceptors (Lipinski definition) is 4. The number of aliphatic imine (C=N–C) groups is 1. The lowest BCUT2D eigenvalue weighted by Crippen LogP contribution is -2.27. The second kappa shape index (κ2) is 8.20. The van der Waals surface area contributed by atoms with Crippen LogP contribution >= 0.6 is 11.8 Å². The van der Waals surface area contributed by atoms with E-state index < -0.39 is 0 Å². The Morgan fingerprint density at radius 3 is 2.71 bits per heavy atom. The molecule has 0 saturated heterocycles. The van der Waals surface area contributed by atoms with Gasteiger partial charge in [-0.3, -0.25) is 10.4 Å². The fourth-order valence-corrected chi connectivity index (χ4v) is 3.03. The van der Waals surface area contributed by atoms with E-state index in [0.717, 1.165) is 23.1 Å². The zero-order valence-electron chi connectivity index (χ0n) is 12.9. The van der Waals surface area contributed by atoms with Crippen LogP contribution in [-0.2, 0) is 11.2 Å². The molecular weight excluding hydrogens is 282 g/mol. The third-order valence-electron chi connectivity index (χ3n) is 3.20. The summed E-state index contributed by atoms with van der Waals surface area (Å²) in [6, 6.07) is 8.84. The molecule has 0 saturated carbocycles. The Morgan fingerprint density at radius 2 is 2.14 bits per heavy atom. The summed E-state index contributed by atoms with van der Waals surface area (Å²) < 4.78 is 5.09. The molecule has 1 heterocycles. The van der Waals surface area contributed by atoms with E-state index in [2.05, 4.69) is 46.7 Å². The lowest BCUT2D eigenvalue weighted by Gasteiger charge is -2.16. The number of benzene rings is 1. The summed E-state index contributed by atoms with van der Waals surface area (Å²) in [6.07, 6.45) is 2.31. The first-order valence-corrected chi connectivity index (χ1v) is 8.33. The largest absolute Gasteiger partial charge is 0.382 e. The standard InChI is InChI=1S/C16H23N3OS/c1-4-5-13-6-8-14(9-7-13)15-11-21-16(19-18-15)17-12(2)10-20-3/h6-9,12H,4-5,10-11H2,1-3H3,(H,17,19)/t12-/m0/s1. The first-order valence-electron chi connectivity index (χ1n) is 7.34. The maximum atomic E-state index is 5.09. The minimum absolute atomic E-state index is 0.148. The molecular formula is C16H23N3OS. The highest BCUT2D eigenvalue weighted by Gasteiger charge is 2.13. The second-order valence-electron chi connectivity index (χ2n) is 5.14. The lowest BCUT2D eigenvalue weighted by atomic mass is 10.1. The van der Waals surface area contributed by atoms with E-state index in [1.807, 2.05) is 6.92 Å². The van der Waals surface area contributed by atoms with Gasteiger partial charge >= 0.3 is 0 Å². The normalized spacial score (nSPS) is 18.2. The van der Waals surface area contributed by atoms with Crippen molar-refractivity contribution in [1.82, 2.24) is 5.43 Å². The molecule has 1 aromatic carbocycles. The van der Waals surface area contributed by atoms with Gasteiger partial charge in [-0.1, -0.05) is 49.4 Å². The van der Waals surface area contributed by atoms with Crippen LogP contribution in [0.15, 0.2) is 34.4 Å². The summed E-state index contributed by atoms with van der Waals surface area (Å²) in [5, 5.41) is 5.31. The molecule has 1 aromatic rings. The third kappa shape index (κ3) is 4.86. The van der Waals surface area contributed by atoms with Crippen molar-refractivity contribution in [3.8, 4) is 0 Å². The average molecular weight is 305 g/mol. The van der Waals surface area contributed by atoms with E-state index in [-0.39, 0.29) is 6.04 Å². The van der Waals surface area contributed by atoms with Crippen LogP contribution < -0.4 is 5.43 Å². The number of amidine groups is 1. The van der Waals surface area contributed by atoms with Crippen LogP contribution in [-0.4, -0.2) is 36.4 Å². The van der Waals surface area contributed by atoms with E-state index in [9.17, 15) is 0 Å². The molecule has 0 bridgehead atoms. The van der Waals surface area contributed by atoms with Crippen LogP contribution in [0, 0.1) is 0 Å². The molecule has 21 heavy (non-hydrogen) atoms. The second-order valence-corrected chi connectivity index (χ2v) is 6.11. The summed E-state index contributed by atoms with van der Waals surface area (Å²) in [6.45, 7) is 4.86. The van der Waals surface area contributed by atoms with Crippen LogP contribution in [0.2, 0.25) is 0 Å². The van der Waals surface area contributed by atoms with E-state index in [0.29, 0.717) is 6.61 Å². The van der Waals surface area contributed by atoms with Crippen LogP contribution in [0.3, 0.4) is 0 Å². The molecule has 0 radical (unpaired) electrons. The van der Waals surface area contributed by atoms with Gasteiger partial charge in [0.1, 0.15) is 0 Å². The molecule has 114 valence electrons. The molecule has 1 N–H and O–H groups in total. The molecule has 4 nitrogen and oxygen atoms in total. The number of nitrogens with one attached hydrogen (secondary N) is 1. The Bertz CT molecular complexity index is 511. The molecule has 5 heteroatoms. The van der Waals surface area contributed by atoms with Gasteiger partial charge in [0.2, 0.25) is 0 Å². The molecule has 0 aromatic heterocycles. The van der Waals surface area contributed by atoms with Crippen molar-refractivity contribution in [1.29, 1.82) is 0 Å². The maximum Gasteiger partial charge on any atom is 0.177 e. The zero-order chi connectivity index (χ0) is 15.1. The van der Waals surface area contributed by atoms with Crippen molar-refractivity contribution in [2.24, 2.45) is 10.1 Å². The molecule has 0 amide bonds. The van der Waals surface area contributed by atoms with Crippen LogP contribution in [0.1, 0.15) is 31.4 Å². The van der Waals surface area contributed by atoms with E-state index >= 15 is 0 Å². The summed E-state index contributed by atoms with van der Waals surface area (Å²) in [5.41, 5.74) is 6.68. The van der Waals surface area contributed by atoms with Gasteiger partial charge in [-0.25, -0.2) is 0 Å². The molecule has 0 aliphatic carbocycles. The molecule has 1 aliphatic rings. The smallest absolute Gasteiger partial charge is 0.177 e. The number of rotatable bonds is 6. The van der Waals surface area contributed by atoms with E-state index in [1.165, 1.54) is 17.5 Å². The molecule has 0 unspecified atom stereocenters. The van der Waals surface area contributed by atoms with Crippen molar-refractivity contribution >= 4 is 22.6 Å². The number of nitrogens with zero attached hydrogens (tertiary/aromatic N) is 2. The van der Waals surface area contributed by atoms with Crippen molar-refractivity contribution in [2.45, 2.75) is 32.7 Å². The average Bonchev–Trinajstić information content (AvgIpc) is 2.49. The molecule has 0 spiro atoms. The maximum absolute atomic E-state index is 5.09. The fraction of sp³-hybridized carbons (Fsp3) is 0.500. The predicted molar refractivity (Wildman–Crippen MR) is 91.3 cm³/mol. The molecule has 1 aliphatic heterocycles. The van der Waals surface area contributed by atoms with Gasteiger partial charge in [-0.2, -0.15) is 5.10 Å². The van der Waals surface area contributed by atoms with Gasteiger partial charge in [0.15, 0.2) is 5.17 Å². The SMILES string of the molecule is CCCc1ccc(C2=NNC(=N[C@@H](C)COC)SC2)cc1. The monoisotopic (exact) mass is 305 g/mol. The number of ether oxygens (including phenoxy) is 1. The van der Waals surface area contributed by atoms with Gasteiger partial charge in [0, 0.05) is 12.9 Å². The summed E-state index contributed by atoms with van der Waals surface area (Å²) >= 11 is 1.69. The Kier molecular flexibility index (Phi) is 6.26. The summed E-state index contributed by atoms with van der Waals surface area (Å²) in [7, 11) is 1.69. The van der Waals surface area contributed by atoms with E-state index in [1.54, 1.807) is 18.9 Å². The lowest BCUT2D eigenvalue weighted by molar-refractivity contribution is 0.186. The number of hydrogen-bond donors (Lipinski definition) is 1. The number of thioether (sulfide) groups is 1. The highest BCUT2D eigenvalue weighted by molar-refractivity contribution is 8.14. The minimum Gasteiger partial charge on any atom is -0.382 e. The Balaban J connectivity index is 1.99. The predicted octanol–water partition coefficient (Wildman–Crippen LogP) is 3.07. The van der Waals surface area contributed by atoms with Crippen molar-refractivity contribution < 1.29 is 4.74 Å². The Morgan fingerprint density at radius 1 is 1.38 bits per heavy atom. The van der Waals surface area contributed by atoms with Crippen molar-refractivity contribution in [3.63, 3.8) is 0 Å². The van der Waals surface area contributed by atoms with Gasteiger partial charge in [0.25, 0.3) is 0 Å². The first-order chi connectivity index (χ1) is 10.2. The van der Waals surface area contributed by atoms with Crippen LogP contribution in [0.5, 0.6) is 0 Å². The molecule has 2 rings (SSSR count). The Hall–Kier alpha value is -1.33. The molecule has 0 fully saturated rings. The van der Waals surface area contributed by atoms with Gasteiger partial charge < -0.3 is 4.74 Å². The van der Waals surface area contributed by atoms with Crippen molar-refractivity contribution in [3.05, 3.63) is 35.4 Å².